The Balaban J connectivity index is 1.69. The van der Waals surface area contributed by atoms with Crippen LogP contribution in [0, 0.1) is 17.7 Å². The molecule has 0 bridgehead atoms. The van der Waals surface area contributed by atoms with E-state index in [0.29, 0.717) is 45.6 Å². The fraction of sp³-hybridized carbons (Fsp3) is 0.636. The fourth-order valence-electron chi connectivity index (χ4n) is 4.47. The zero-order valence-electron chi connectivity index (χ0n) is 18.8. The van der Waals surface area contributed by atoms with E-state index in [1.165, 1.54) is 10.4 Å². The topological polar surface area (TPSA) is 96.0 Å². The number of hydrogen-bond donors (Lipinski definition) is 1. The molecule has 1 N–H and O–H groups in total. The summed E-state index contributed by atoms with van der Waals surface area (Å²) in [4.78, 5) is 26.0. The van der Waals surface area contributed by atoms with Crippen LogP contribution in [0.3, 0.4) is 0 Å². The monoisotopic (exact) mass is 469 g/mol. The molecule has 0 spiro atoms. The molecule has 2 amide bonds. The molecule has 1 aromatic carbocycles. The van der Waals surface area contributed by atoms with Crippen LogP contribution >= 0.6 is 0 Å². The van der Waals surface area contributed by atoms with E-state index in [1.54, 1.807) is 11.8 Å². The van der Waals surface area contributed by atoms with Crippen LogP contribution in [0.4, 0.5) is 9.18 Å². The fourth-order valence-corrected chi connectivity index (χ4v) is 6.18. The maximum absolute atomic E-state index is 14.4. The molecule has 2 aliphatic heterocycles. The van der Waals surface area contributed by atoms with Gasteiger partial charge in [0.1, 0.15) is 5.82 Å². The quantitative estimate of drug-likeness (QED) is 0.715. The maximum atomic E-state index is 14.4. The van der Waals surface area contributed by atoms with Crippen molar-refractivity contribution in [2.75, 3.05) is 32.8 Å². The standard InChI is InChI=1S/C22H32FN3O5S/c1-4-31-22(28)25-9-7-17(8-10-25)24-21(27)19-12-18(5-6-20(19)23)32(29,30)26-13-15(2)11-16(3)14-26/h5-6,12,15-17H,4,7-11,13-14H2,1-3H3,(H,24,27). The summed E-state index contributed by atoms with van der Waals surface area (Å²) >= 11 is 0. The van der Waals surface area contributed by atoms with E-state index < -0.39 is 21.7 Å². The summed E-state index contributed by atoms with van der Waals surface area (Å²) in [7, 11) is -3.83. The van der Waals surface area contributed by atoms with E-state index in [1.807, 2.05) is 13.8 Å². The van der Waals surface area contributed by atoms with Gasteiger partial charge in [0.2, 0.25) is 10.0 Å². The van der Waals surface area contributed by atoms with Gasteiger partial charge in [-0.2, -0.15) is 4.31 Å². The second kappa shape index (κ2) is 10.2. The average Bonchev–Trinajstić information content (AvgIpc) is 2.73. The Hall–Kier alpha value is -2.20. The van der Waals surface area contributed by atoms with Crippen LogP contribution in [0.1, 0.15) is 50.4 Å². The Bertz CT molecular complexity index is 937. The molecule has 10 heteroatoms. The number of rotatable bonds is 5. The number of likely N-dealkylation sites (tertiary alicyclic amines) is 1. The number of sulfonamides is 1. The largest absolute Gasteiger partial charge is 0.450 e. The number of carbonyl (C=O) groups excluding carboxylic acids is 2. The number of nitrogens with one attached hydrogen (secondary N) is 1. The molecule has 178 valence electrons. The average molecular weight is 470 g/mol. The first-order chi connectivity index (χ1) is 15.1. The molecule has 2 saturated heterocycles. The predicted molar refractivity (Wildman–Crippen MR) is 117 cm³/mol. The Labute approximate surface area is 189 Å². The smallest absolute Gasteiger partial charge is 0.409 e. The van der Waals surface area contributed by atoms with Gasteiger partial charge in [-0.1, -0.05) is 13.8 Å². The lowest BCUT2D eigenvalue weighted by Gasteiger charge is -2.34. The Morgan fingerprint density at radius 3 is 2.38 bits per heavy atom. The normalized spacial score (nSPS) is 23.1. The number of halogens is 1. The summed E-state index contributed by atoms with van der Waals surface area (Å²) in [5, 5.41) is 2.77. The van der Waals surface area contributed by atoms with Crippen LogP contribution in [0.15, 0.2) is 23.1 Å². The first-order valence-electron chi connectivity index (χ1n) is 11.1. The molecule has 0 saturated carbocycles. The second-order valence-corrected chi connectivity index (χ2v) is 10.8. The summed E-state index contributed by atoms with van der Waals surface area (Å²) < 4.78 is 47.1. The van der Waals surface area contributed by atoms with Crippen LogP contribution < -0.4 is 5.32 Å². The molecular weight excluding hydrogens is 437 g/mol. The number of ether oxygens (including phenoxy) is 1. The third-order valence-electron chi connectivity index (χ3n) is 6.01. The lowest BCUT2D eigenvalue weighted by Crippen LogP contribution is -2.46. The van der Waals surface area contributed by atoms with E-state index in [0.717, 1.165) is 18.6 Å². The summed E-state index contributed by atoms with van der Waals surface area (Å²) in [5.41, 5.74) is -0.294. The van der Waals surface area contributed by atoms with Crippen LogP contribution in [0.5, 0.6) is 0 Å². The van der Waals surface area contributed by atoms with Crippen LogP contribution in [-0.2, 0) is 14.8 Å². The Morgan fingerprint density at radius 2 is 1.78 bits per heavy atom. The van der Waals surface area contributed by atoms with Crippen molar-refractivity contribution in [2.45, 2.75) is 51.0 Å². The SMILES string of the molecule is CCOC(=O)N1CCC(NC(=O)c2cc(S(=O)(=O)N3CC(C)CC(C)C3)ccc2F)CC1. The van der Waals surface area contributed by atoms with E-state index in [4.69, 9.17) is 4.74 Å². The van der Waals surface area contributed by atoms with E-state index >= 15 is 0 Å². The number of piperidine rings is 2. The van der Waals surface area contributed by atoms with Crippen LogP contribution in [0.2, 0.25) is 0 Å². The van der Waals surface area contributed by atoms with Gasteiger partial charge < -0.3 is 15.0 Å². The van der Waals surface area contributed by atoms with Gasteiger partial charge in [0.15, 0.2) is 0 Å². The summed E-state index contributed by atoms with van der Waals surface area (Å²) in [6, 6.07) is 3.12. The van der Waals surface area contributed by atoms with Gasteiger partial charge in [0.25, 0.3) is 5.91 Å². The van der Waals surface area contributed by atoms with Crippen LogP contribution in [-0.4, -0.2) is 68.5 Å². The van der Waals surface area contributed by atoms with Crippen molar-refractivity contribution < 1.29 is 27.1 Å². The van der Waals surface area contributed by atoms with Gasteiger partial charge in [0, 0.05) is 32.2 Å². The molecule has 32 heavy (non-hydrogen) atoms. The van der Waals surface area contributed by atoms with Gasteiger partial charge in [-0.15, -0.1) is 0 Å². The van der Waals surface area contributed by atoms with Crippen molar-refractivity contribution in [3.63, 3.8) is 0 Å². The van der Waals surface area contributed by atoms with Gasteiger partial charge in [-0.25, -0.2) is 17.6 Å². The number of carbonyl (C=O) groups is 2. The zero-order valence-corrected chi connectivity index (χ0v) is 19.7. The summed E-state index contributed by atoms with van der Waals surface area (Å²) in [6.07, 6.45) is 1.59. The van der Waals surface area contributed by atoms with Gasteiger partial charge >= 0.3 is 6.09 Å². The minimum absolute atomic E-state index is 0.0810. The number of amides is 2. The van der Waals surface area contributed by atoms with Crippen LogP contribution in [0.25, 0.3) is 0 Å². The highest BCUT2D eigenvalue weighted by Crippen LogP contribution is 2.27. The third-order valence-corrected chi connectivity index (χ3v) is 7.84. The van der Waals surface area contributed by atoms with Crippen molar-refractivity contribution in [1.29, 1.82) is 0 Å². The molecule has 0 radical (unpaired) electrons. The lowest BCUT2D eigenvalue weighted by atomic mass is 9.94. The summed E-state index contributed by atoms with van der Waals surface area (Å²) in [5.74, 6) is -0.963. The Kier molecular flexibility index (Phi) is 7.76. The zero-order chi connectivity index (χ0) is 23.5. The van der Waals surface area contributed by atoms with Crippen molar-refractivity contribution >= 4 is 22.0 Å². The minimum Gasteiger partial charge on any atom is -0.450 e. The second-order valence-electron chi connectivity index (χ2n) is 8.84. The number of hydrogen-bond acceptors (Lipinski definition) is 5. The molecule has 2 heterocycles. The van der Waals surface area contributed by atoms with E-state index in [-0.39, 0.29) is 34.4 Å². The highest BCUT2D eigenvalue weighted by Gasteiger charge is 2.33. The van der Waals surface area contributed by atoms with Crippen molar-refractivity contribution in [3.05, 3.63) is 29.6 Å². The molecule has 2 aliphatic rings. The van der Waals surface area contributed by atoms with Crippen molar-refractivity contribution in [1.82, 2.24) is 14.5 Å². The molecule has 3 rings (SSSR count). The third kappa shape index (κ3) is 5.58. The first kappa shape index (κ1) is 24.4. The molecule has 0 aliphatic carbocycles. The number of nitrogens with zero attached hydrogens (tertiary/aromatic N) is 2. The van der Waals surface area contributed by atoms with Crippen molar-refractivity contribution in [3.8, 4) is 0 Å². The van der Waals surface area contributed by atoms with Gasteiger partial charge in [0.05, 0.1) is 17.1 Å². The first-order valence-corrected chi connectivity index (χ1v) is 12.6. The number of benzene rings is 1. The maximum Gasteiger partial charge on any atom is 0.409 e. The predicted octanol–water partition coefficient (Wildman–Crippen LogP) is 2.84. The lowest BCUT2D eigenvalue weighted by molar-refractivity contribution is 0.0857. The molecule has 2 atom stereocenters. The van der Waals surface area contributed by atoms with Gasteiger partial charge in [-0.3, -0.25) is 4.79 Å². The highest BCUT2D eigenvalue weighted by atomic mass is 32.2. The van der Waals surface area contributed by atoms with E-state index in [2.05, 4.69) is 5.32 Å². The molecule has 0 aromatic heterocycles. The molecule has 2 fully saturated rings. The van der Waals surface area contributed by atoms with E-state index in [9.17, 15) is 22.4 Å². The summed E-state index contributed by atoms with van der Waals surface area (Å²) in [6.45, 7) is 7.71. The highest BCUT2D eigenvalue weighted by molar-refractivity contribution is 7.89. The molecular formula is C22H32FN3O5S. The molecule has 8 nitrogen and oxygen atoms in total. The molecule has 2 unspecified atom stereocenters. The van der Waals surface area contributed by atoms with Crippen molar-refractivity contribution in [2.24, 2.45) is 11.8 Å². The Morgan fingerprint density at radius 1 is 1.16 bits per heavy atom. The van der Waals surface area contributed by atoms with Gasteiger partial charge in [-0.05, 0) is 56.2 Å². The minimum atomic E-state index is -3.83. The molecule has 1 aromatic rings.